The van der Waals surface area contributed by atoms with E-state index in [-0.39, 0.29) is 73.7 Å². The fourth-order valence-electron chi connectivity index (χ4n) is 12.6. The summed E-state index contributed by atoms with van der Waals surface area (Å²) in [6.45, 7) is 39.1. The Morgan fingerprint density at radius 2 is 1.01 bits per heavy atom. The molecule has 1 fully saturated rings. The lowest BCUT2D eigenvalue weighted by Crippen LogP contribution is -2.71. The first-order chi connectivity index (χ1) is 44.1. The highest BCUT2D eigenvalue weighted by Gasteiger charge is 2.56. The van der Waals surface area contributed by atoms with Crippen LogP contribution in [0.3, 0.4) is 0 Å². The number of aliphatic hydroxyl groups is 1. The molecular weight excluding hydrogens is 1230 g/mol. The topological polar surface area (TPSA) is 300 Å². The number of ether oxygens (including phenoxy) is 1. The van der Waals surface area contributed by atoms with E-state index in [1.54, 1.807) is 67.5 Å². The van der Waals surface area contributed by atoms with Crippen molar-refractivity contribution < 1.29 is 62.6 Å². The molecule has 11 amide bonds. The number of amides is 11. The largest absolute Gasteiger partial charge is 0.390 e. The lowest BCUT2D eigenvalue weighted by atomic mass is 9.88. The van der Waals surface area contributed by atoms with Crippen LogP contribution in [0.25, 0.3) is 0 Å². The Morgan fingerprint density at radius 3 is 1.47 bits per heavy atom. The SMILES string of the molecule is C/C=C/C[C@@H](C)[C@@H](O)[C@H]1C(=O)N[C@@H](CC)C(=O)N(C)CC(=O)N(C)[C@@H](CC(C)C)C(=O)N[C@@H](C(C)C)C(=O)N(C)[C@@H](CC(C)C)C(=O)N[C@@H](C)C(=O)N[C@H](C)C(=O)N(C)[C@@H](CC(C)C)C(=O)N(C)[C@@H](CC(C)C)C(=O)N(C)[C@](OC(C)NC(C)CC(C)(C)C)(C(C)C)C(=O)N1C. The second kappa shape index (κ2) is 38.8. The molecule has 25 nitrogen and oxygen atoms in total. The number of nitrogens with one attached hydrogen (secondary N) is 5. The number of carbonyl (C=O) groups excluding carboxylic acids is 11. The number of allylic oxidation sites excluding steroid dienone is 2. The summed E-state index contributed by atoms with van der Waals surface area (Å²) in [6.07, 6.45) is 2.39. The molecule has 25 heteroatoms. The van der Waals surface area contributed by atoms with Gasteiger partial charge in [-0.1, -0.05) is 130 Å². The Kier molecular flexibility index (Phi) is 35.5. The van der Waals surface area contributed by atoms with Crippen LogP contribution in [0.5, 0.6) is 0 Å². The van der Waals surface area contributed by atoms with Gasteiger partial charge >= 0.3 is 0 Å². The fraction of sp³-hybridized carbons (Fsp3) is 0.817. The third-order valence-corrected chi connectivity index (χ3v) is 18.1. The molecule has 2 unspecified atom stereocenters. The number of hydrogen-bond donors (Lipinski definition) is 6. The molecule has 0 aromatic carbocycles. The maximum absolute atomic E-state index is 16.3. The van der Waals surface area contributed by atoms with Crippen molar-refractivity contribution in [1.82, 2.24) is 60.9 Å². The third-order valence-electron chi connectivity index (χ3n) is 18.1. The van der Waals surface area contributed by atoms with Crippen LogP contribution in [0, 0.1) is 46.8 Å². The predicted octanol–water partition coefficient (Wildman–Crippen LogP) is 5.37. The van der Waals surface area contributed by atoms with E-state index in [0.29, 0.717) is 6.42 Å². The zero-order chi connectivity index (χ0) is 74.7. The van der Waals surface area contributed by atoms with E-state index in [9.17, 15) is 38.7 Å². The number of aliphatic hydroxyl groups excluding tert-OH is 1. The first-order valence-electron chi connectivity index (χ1n) is 34.9. The maximum atomic E-state index is 16.3. The minimum Gasteiger partial charge on any atom is -0.390 e. The van der Waals surface area contributed by atoms with Crippen molar-refractivity contribution in [3.63, 3.8) is 0 Å². The molecule has 0 radical (unpaired) electrons. The molecule has 552 valence electrons. The van der Waals surface area contributed by atoms with Crippen LogP contribution in [0.1, 0.15) is 197 Å². The van der Waals surface area contributed by atoms with E-state index in [2.05, 4.69) is 47.4 Å². The summed E-state index contributed by atoms with van der Waals surface area (Å²) in [7, 11) is 9.84. The second-order valence-corrected chi connectivity index (χ2v) is 30.8. The van der Waals surface area contributed by atoms with E-state index >= 15 is 19.2 Å². The van der Waals surface area contributed by atoms with Crippen molar-refractivity contribution >= 4 is 65.0 Å². The lowest BCUT2D eigenvalue weighted by molar-refractivity contribution is -0.223. The normalized spacial score (nSPS) is 26.9. The van der Waals surface area contributed by atoms with E-state index in [1.807, 2.05) is 62.3 Å². The molecule has 96 heavy (non-hydrogen) atoms. The predicted molar refractivity (Wildman–Crippen MR) is 375 cm³/mol. The highest BCUT2D eigenvalue weighted by molar-refractivity contribution is 6.00. The summed E-state index contributed by atoms with van der Waals surface area (Å²) in [5.41, 5.74) is -2.46. The van der Waals surface area contributed by atoms with Gasteiger partial charge in [-0.15, -0.1) is 0 Å². The van der Waals surface area contributed by atoms with Gasteiger partial charge in [-0.3, -0.25) is 58.1 Å². The van der Waals surface area contributed by atoms with Gasteiger partial charge in [0.2, 0.25) is 64.8 Å². The number of nitrogens with zero attached hydrogens (tertiary/aromatic N) is 7. The molecule has 0 aromatic rings. The van der Waals surface area contributed by atoms with Crippen molar-refractivity contribution in [2.75, 3.05) is 55.9 Å². The molecule has 0 aromatic heterocycles. The quantitative estimate of drug-likeness (QED) is 0.0660. The second-order valence-electron chi connectivity index (χ2n) is 30.8. The molecule has 6 N–H and O–H groups in total. The Hall–Kier alpha value is -6.21. The van der Waals surface area contributed by atoms with Gasteiger partial charge in [-0.05, 0) is 120 Å². The van der Waals surface area contributed by atoms with Crippen LogP contribution < -0.4 is 26.6 Å². The van der Waals surface area contributed by atoms with Gasteiger partial charge in [-0.25, -0.2) is 0 Å². The van der Waals surface area contributed by atoms with Crippen molar-refractivity contribution in [1.29, 1.82) is 0 Å². The highest BCUT2D eigenvalue weighted by atomic mass is 16.5. The van der Waals surface area contributed by atoms with Crippen molar-refractivity contribution in [3.8, 4) is 0 Å². The number of carbonyl (C=O) groups is 11. The van der Waals surface area contributed by atoms with Gasteiger partial charge in [-0.2, -0.15) is 0 Å². The number of likely N-dealkylation sites (N-methyl/N-ethyl adjacent to an activating group) is 7. The van der Waals surface area contributed by atoms with Gasteiger partial charge in [0.1, 0.15) is 60.6 Å². The summed E-state index contributed by atoms with van der Waals surface area (Å²) in [6, 6.07) is -11.8. The number of rotatable bonds is 20. The highest BCUT2D eigenvalue weighted by Crippen LogP contribution is 2.34. The Labute approximate surface area is 576 Å². The van der Waals surface area contributed by atoms with Crippen LogP contribution in [0.4, 0.5) is 0 Å². The maximum Gasteiger partial charge on any atom is 0.277 e. The van der Waals surface area contributed by atoms with Crippen LogP contribution in [0.15, 0.2) is 12.2 Å². The summed E-state index contributed by atoms with van der Waals surface area (Å²) in [4.78, 5) is 173. The van der Waals surface area contributed by atoms with Crippen LogP contribution >= 0.6 is 0 Å². The zero-order valence-electron chi connectivity index (χ0n) is 64.3. The van der Waals surface area contributed by atoms with Crippen LogP contribution in [-0.4, -0.2) is 239 Å². The smallest absolute Gasteiger partial charge is 0.277 e. The van der Waals surface area contributed by atoms with E-state index in [1.165, 1.54) is 87.7 Å². The van der Waals surface area contributed by atoms with Gasteiger partial charge in [0.15, 0.2) is 0 Å². The van der Waals surface area contributed by atoms with E-state index < -0.39 is 162 Å². The molecule has 0 saturated carbocycles. The Balaban J connectivity index is 4.67. The molecule has 14 atom stereocenters. The van der Waals surface area contributed by atoms with Gasteiger partial charge < -0.3 is 65.4 Å². The first kappa shape index (κ1) is 87.8. The van der Waals surface area contributed by atoms with Crippen molar-refractivity contribution in [3.05, 3.63) is 12.2 Å². The van der Waals surface area contributed by atoms with E-state index in [0.717, 1.165) is 9.80 Å². The van der Waals surface area contributed by atoms with Gasteiger partial charge in [0.25, 0.3) is 5.91 Å². The minimum absolute atomic E-state index is 0.0184. The lowest BCUT2D eigenvalue weighted by Gasteiger charge is -2.49. The number of hydrogen-bond acceptors (Lipinski definition) is 14. The average molecular weight is 1360 g/mol. The molecule has 1 heterocycles. The first-order valence-corrected chi connectivity index (χ1v) is 34.9. The van der Waals surface area contributed by atoms with Crippen LogP contribution in [-0.2, 0) is 57.5 Å². The molecule has 0 bridgehead atoms. The molecule has 1 rings (SSSR count). The summed E-state index contributed by atoms with van der Waals surface area (Å²) >= 11 is 0. The summed E-state index contributed by atoms with van der Waals surface area (Å²) in [5, 5.41) is 27.1. The Bertz CT molecular complexity index is 2640. The van der Waals surface area contributed by atoms with E-state index in [4.69, 9.17) is 4.74 Å². The molecule has 0 spiro atoms. The minimum atomic E-state index is -2.32. The Morgan fingerprint density at radius 1 is 0.562 bits per heavy atom. The van der Waals surface area contributed by atoms with Crippen molar-refractivity contribution in [2.24, 2.45) is 46.8 Å². The monoisotopic (exact) mass is 1360 g/mol. The standard InChI is InChI=1S/C71H130N12O13/c1-30-32-33-46(15)59(85)58-63(89)75-51(31-2)65(91)77(23)39-56(84)78(24)52(34-40(3)4)62(88)76-57(44(11)12)68(94)79(25)53(35-41(5)6)61(87)73-48(17)60(86)74-49(18)64(90)80(26)54(36-42(7)8)66(92)81(27)55(37-43(9)10)67(93)83(29)71(45(13)14,69(95)82(58)28)96-50(19)72-47(16)38-70(20,21)22/h30,32,40-55,57-59,72,85H,31,33-39H2,1-29H3,(H,73,87)(H,74,86)(H,75,89)(H,76,88)/b32-30+/t46-,47?,48+,49-,50?,51+,52+,53+,54+,55+,57+,58+,59-,71+/m1/s1. The zero-order valence-corrected chi connectivity index (χ0v) is 64.3. The molecular formula is C71H130N12O13. The molecule has 1 aliphatic rings. The van der Waals surface area contributed by atoms with Gasteiger partial charge in [0, 0.05) is 61.3 Å². The molecule has 0 aliphatic carbocycles. The summed E-state index contributed by atoms with van der Waals surface area (Å²) in [5.74, 6) is -10.9. The average Bonchev–Trinajstić information content (AvgIpc) is 0.796. The van der Waals surface area contributed by atoms with Gasteiger partial charge in [0.05, 0.1) is 12.6 Å². The van der Waals surface area contributed by atoms with Crippen molar-refractivity contribution in [2.45, 2.75) is 276 Å². The molecule has 1 saturated heterocycles. The third kappa shape index (κ3) is 24.6. The fourth-order valence-corrected chi connectivity index (χ4v) is 12.6. The van der Waals surface area contributed by atoms with Crippen LogP contribution in [0.2, 0.25) is 0 Å². The molecule has 1 aliphatic heterocycles. The summed E-state index contributed by atoms with van der Waals surface area (Å²) < 4.78 is 7.02.